The second-order valence-corrected chi connectivity index (χ2v) is 7.02. The van der Waals surface area contributed by atoms with E-state index in [1.807, 2.05) is 35.8 Å². The van der Waals surface area contributed by atoms with Gasteiger partial charge in [0, 0.05) is 18.4 Å². The van der Waals surface area contributed by atoms with Crippen molar-refractivity contribution in [1.82, 2.24) is 9.55 Å². The zero-order valence-corrected chi connectivity index (χ0v) is 15.7. The van der Waals surface area contributed by atoms with Gasteiger partial charge in [-0.2, -0.15) is 0 Å². The summed E-state index contributed by atoms with van der Waals surface area (Å²) in [6.07, 6.45) is 1.74. The number of carbonyl (C=O) groups is 1. The normalized spacial score (nSPS) is 10.8. The average molecular weight is 385 g/mol. The van der Waals surface area contributed by atoms with Gasteiger partial charge >= 0.3 is 0 Å². The van der Waals surface area contributed by atoms with Crippen LogP contribution >= 0.6 is 11.8 Å². The lowest BCUT2D eigenvalue weighted by Crippen LogP contribution is -2.15. The number of aliphatic hydroxyl groups excluding tert-OH is 1. The molecule has 2 N–H and O–H groups in total. The molecule has 7 heteroatoms. The van der Waals surface area contributed by atoms with Crippen LogP contribution in [0.3, 0.4) is 0 Å². The molecule has 0 aliphatic rings. The molecule has 0 fully saturated rings. The fourth-order valence-electron chi connectivity index (χ4n) is 2.57. The number of aromatic nitrogens is 2. The molecule has 3 rings (SSSR count). The summed E-state index contributed by atoms with van der Waals surface area (Å²) < 4.78 is 14.9. The Kier molecular flexibility index (Phi) is 6.26. The number of benzene rings is 2. The number of para-hydroxylation sites is 1. The van der Waals surface area contributed by atoms with Crippen LogP contribution in [0.2, 0.25) is 0 Å². The Bertz CT molecular complexity index is 925. The Morgan fingerprint density at radius 2 is 1.96 bits per heavy atom. The maximum absolute atomic E-state index is 13.1. The smallest absolute Gasteiger partial charge is 0.234 e. The molecule has 2 aromatic carbocycles. The molecule has 1 heterocycles. The van der Waals surface area contributed by atoms with Crippen molar-refractivity contribution >= 4 is 23.4 Å². The number of aliphatic hydroxyl groups is 1. The van der Waals surface area contributed by atoms with Gasteiger partial charge in [-0.1, -0.05) is 42.1 Å². The summed E-state index contributed by atoms with van der Waals surface area (Å²) in [5, 5.41) is 12.9. The first-order chi connectivity index (χ1) is 13.0. The summed E-state index contributed by atoms with van der Waals surface area (Å²) in [5.41, 5.74) is 3.22. The predicted molar refractivity (Wildman–Crippen MR) is 104 cm³/mol. The van der Waals surface area contributed by atoms with Gasteiger partial charge < -0.3 is 15.0 Å². The van der Waals surface area contributed by atoms with Crippen molar-refractivity contribution in [3.8, 4) is 0 Å². The number of thioether (sulfide) groups is 1. The zero-order chi connectivity index (χ0) is 19.2. The van der Waals surface area contributed by atoms with Crippen LogP contribution in [0.5, 0.6) is 0 Å². The molecule has 1 amide bonds. The van der Waals surface area contributed by atoms with Crippen molar-refractivity contribution in [1.29, 1.82) is 0 Å². The van der Waals surface area contributed by atoms with E-state index in [2.05, 4.69) is 10.3 Å². The van der Waals surface area contributed by atoms with E-state index in [1.165, 1.54) is 23.9 Å². The van der Waals surface area contributed by atoms with E-state index in [-0.39, 0.29) is 24.1 Å². The van der Waals surface area contributed by atoms with E-state index in [0.717, 1.165) is 16.8 Å². The summed E-state index contributed by atoms with van der Waals surface area (Å²) in [7, 11) is 0. The summed E-state index contributed by atoms with van der Waals surface area (Å²) in [6, 6.07) is 13.8. The number of nitrogens with one attached hydrogen (secondary N) is 1. The molecular weight excluding hydrogens is 365 g/mol. The minimum Gasteiger partial charge on any atom is -0.390 e. The summed E-state index contributed by atoms with van der Waals surface area (Å²) in [5.74, 6) is -0.223. The van der Waals surface area contributed by atoms with Crippen molar-refractivity contribution in [2.75, 3.05) is 11.1 Å². The second kappa shape index (κ2) is 8.83. The van der Waals surface area contributed by atoms with Gasteiger partial charge in [-0.3, -0.25) is 4.79 Å². The molecule has 1 aromatic heterocycles. The van der Waals surface area contributed by atoms with Crippen LogP contribution in [-0.4, -0.2) is 26.3 Å². The number of hydrogen-bond donors (Lipinski definition) is 2. The van der Waals surface area contributed by atoms with Gasteiger partial charge in [0.25, 0.3) is 0 Å². The highest BCUT2D eigenvalue weighted by Crippen LogP contribution is 2.21. The zero-order valence-electron chi connectivity index (χ0n) is 14.9. The van der Waals surface area contributed by atoms with E-state index in [9.17, 15) is 14.3 Å². The second-order valence-electron chi connectivity index (χ2n) is 6.08. The Hall–Kier alpha value is -2.64. The lowest BCUT2D eigenvalue weighted by Gasteiger charge is -2.09. The molecule has 140 valence electrons. The number of carbonyl (C=O) groups excluding carboxylic acids is 1. The standard InChI is InChI=1S/C20H20FN3O2S/c1-14-4-2-3-5-18(14)23-19(26)13-27-20-22-17(12-25)11-24(20)10-15-6-8-16(21)9-7-15/h2-9,11,25H,10,12-13H2,1H3,(H,23,26). The summed E-state index contributed by atoms with van der Waals surface area (Å²) >= 11 is 1.29. The van der Waals surface area contributed by atoms with Gasteiger partial charge in [-0.05, 0) is 36.2 Å². The van der Waals surface area contributed by atoms with Crippen LogP contribution in [0, 0.1) is 12.7 Å². The number of nitrogens with zero attached hydrogens (tertiary/aromatic N) is 2. The van der Waals surface area contributed by atoms with Gasteiger partial charge in [0.2, 0.25) is 5.91 Å². The highest BCUT2D eigenvalue weighted by Gasteiger charge is 2.12. The van der Waals surface area contributed by atoms with E-state index in [1.54, 1.807) is 18.3 Å². The summed E-state index contributed by atoms with van der Waals surface area (Å²) in [4.78, 5) is 16.6. The minimum absolute atomic E-state index is 0.129. The molecule has 3 aromatic rings. The topological polar surface area (TPSA) is 67.2 Å². The van der Waals surface area contributed by atoms with Crippen LogP contribution in [0.25, 0.3) is 0 Å². The molecule has 0 radical (unpaired) electrons. The largest absolute Gasteiger partial charge is 0.390 e. The van der Waals surface area contributed by atoms with Gasteiger partial charge in [0.15, 0.2) is 5.16 Å². The number of amides is 1. The first-order valence-electron chi connectivity index (χ1n) is 8.45. The fraction of sp³-hybridized carbons (Fsp3) is 0.200. The highest BCUT2D eigenvalue weighted by molar-refractivity contribution is 7.99. The lowest BCUT2D eigenvalue weighted by molar-refractivity contribution is -0.113. The molecule has 0 saturated heterocycles. The number of rotatable bonds is 7. The van der Waals surface area contributed by atoms with E-state index in [4.69, 9.17) is 0 Å². The first kappa shape index (κ1) is 19.1. The maximum atomic E-state index is 13.1. The van der Waals surface area contributed by atoms with Gasteiger partial charge in [0.1, 0.15) is 5.82 Å². The molecule has 27 heavy (non-hydrogen) atoms. The SMILES string of the molecule is Cc1ccccc1NC(=O)CSc1nc(CO)cn1Cc1ccc(F)cc1. The molecule has 0 bridgehead atoms. The number of imidazole rings is 1. The Morgan fingerprint density at radius 3 is 2.67 bits per heavy atom. The Balaban J connectivity index is 1.67. The van der Waals surface area contributed by atoms with E-state index < -0.39 is 0 Å². The molecule has 0 aliphatic carbocycles. The van der Waals surface area contributed by atoms with Crippen LogP contribution < -0.4 is 5.32 Å². The third-order valence-corrected chi connectivity index (χ3v) is 4.96. The number of aryl methyl sites for hydroxylation is 1. The van der Waals surface area contributed by atoms with Gasteiger partial charge in [-0.15, -0.1) is 0 Å². The van der Waals surface area contributed by atoms with Crippen molar-refractivity contribution in [3.63, 3.8) is 0 Å². The van der Waals surface area contributed by atoms with Crippen LogP contribution in [-0.2, 0) is 17.9 Å². The van der Waals surface area contributed by atoms with Crippen molar-refractivity contribution in [2.45, 2.75) is 25.2 Å². The van der Waals surface area contributed by atoms with Crippen LogP contribution in [0.15, 0.2) is 59.9 Å². The first-order valence-corrected chi connectivity index (χ1v) is 9.43. The summed E-state index contributed by atoms with van der Waals surface area (Å²) in [6.45, 7) is 2.24. The fourth-order valence-corrected chi connectivity index (χ4v) is 3.37. The predicted octanol–water partition coefficient (Wildman–Crippen LogP) is 3.60. The third-order valence-electron chi connectivity index (χ3n) is 3.97. The monoisotopic (exact) mass is 385 g/mol. The molecule has 0 saturated carbocycles. The maximum Gasteiger partial charge on any atom is 0.234 e. The highest BCUT2D eigenvalue weighted by atomic mass is 32.2. The molecule has 0 spiro atoms. The lowest BCUT2D eigenvalue weighted by atomic mass is 10.2. The van der Waals surface area contributed by atoms with Crippen molar-refractivity contribution in [2.24, 2.45) is 0 Å². The molecule has 0 unspecified atom stereocenters. The number of anilines is 1. The van der Waals surface area contributed by atoms with Crippen LogP contribution in [0.4, 0.5) is 10.1 Å². The number of halogens is 1. The molecule has 5 nitrogen and oxygen atoms in total. The van der Waals surface area contributed by atoms with Crippen LogP contribution in [0.1, 0.15) is 16.8 Å². The minimum atomic E-state index is -0.289. The number of hydrogen-bond acceptors (Lipinski definition) is 4. The Labute approximate surface area is 161 Å². The molecule has 0 aliphatic heterocycles. The average Bonchev–Trinajstić information content (AvgIpc) is 3.06. The van der Waals surface area contributed by atoms with E-state index in [0.29, 0.717) is 17.4 Å². The van der Waals surface area contributed by atoms with E-state index >= 15 is 0 Å². The van der Waals surface area contributed by atoms with Crippen molar-refractivity contribution < 1.29 is 14.3 Å². The molecular formula is C20H20FN3O2S. The van der Waals surface area contributed by atoms with Crippen molar-refractivity contribution in [3.05, 3.63) is 77.4 Å². The molecule has 0 atom stereocenters. The quantitative estimate of drug-likeness (QED) is 0.610. The Morgan fingerprint density at radius 1 is 1.22 bits per heavy atom. The van der Waals surface area contributed by atoms with Gasteiger partial charge in [-0.25, -0.2) is 9.37 Å². The van der Waals surface area contributed by atoms with Gasteiger partial charge in [0.05, 0.1) is 18.1 Å². The third kappa shape index (κ3) is 5.18.